The van der Waals surface area contributed by atoms with Gasteiger partial charge < -0.3 is 14.7 Å². The fourth-order valence-corrected chi connectivity index (χ4v) is 4.75. The molecule has 4 rings (SSSR count). The van der Waals surface area contributed by atoms with Gasteiger partial charge >= 0.3 is 0 Å². The van der Waals surface area contributed by atoms with E-state index >= 15 is 0 Å². The van der Waals surface area contributed by atoms with E-state index in [1.807, 2.05) is 9.80 Å². The van der Waals surface area contributed by atoms with Gasteiger partial charge in [0.1, 0.15) is 0 Å². The molecule has 0 radical (unpaired) electrons. The molecule has 0 bridgehead atoms. The van der Waals surface area contributed by atoms with Crippen LogP contribution < -0.4 is 4.90 Å². The molecule has 3 aliphatic rings. The van der Waals surface area contributed by atoms with Crippen molar-refractivity contribution in [3.63, 3.8) is 0 Å². The van der Waals surface area contributed by atoms with Gasteiger partial charge in [-0.3, -0.25) is 9.59 Å². The lowest BCUT2D eigenvalue weighted by molar-refractivity contribution is -0.138. The molecule has 1 saturated carbocycles. The van der Waals surface area contributed by atoms with Crippen LogP contribution in [0.2, 0.25) is 0 Å². The number of amides is 2. The van der Waals surface area contributed by atoms with E-state index in [1.165, 1.54) is 29.7 Å². The van der Waals surface area contributed by atoms with Gasteiger partial charge in [-0.15, -0.1) is 0 Å². The molecular formula is C23H33N3O2. The van der Waals surface area contributed by atoms with Crippen LogP contribution in [-0.2, 0) is 9.59 Å². The third kappa shape index (κ3) is 3.89. The van der Waals surface area contributed by atoms with Gasteiger partial charge in [-0.1, -0.05) is 25.0 Å². The van der Waals surface area contributed by atoms with Crippen LogP contribution in [0.15, 0.2) is 18.2 Å². The molecule has 2 unspecified atom stereocenters. The third-order valence-electron chi connectivity index (χ3n) is 6.85. The van der Waals surface area contributed by atoms with Gasteiger partial charge in [0, 0.05) is 45.0 Å². The zero-order valence-corrected chi connectivity index (χ0v) is 17.3. The summed E-state index contributed by atoms with van der Waals surface area (Å²) in [6.45, 7) is 9.33. The number of likely N-dealkylation sites (tertiary alicyclic amines) is 1. The Bertz CT molecular complexity index is 731. The number of aryl methyl sites for hydroxylation is 1. The molecule has 2 saturated heterocycles. The summed E-state index contributed by atoms with van der Waals surface area (Å²) in [5, 5.41) is 0. The highest BCUT2D eigenvalue weighted by atomic mass is 16.2. The molecule has 3 fully saturated rings. The number of anilines is 1. The van der Waals surface area contributed by atoms with Gasteiger partial charge in [-0.05, 0) is 50.3 Å². The fraction of sp³-hybridized carbons (Fsp3) is 0.652. The predicted molar refractivity (Wildman–Crippen MR) is 111 cm³/mol. The lowest BCUT2D eigenvalue weighted by Crippen LogP contribution is -2.49. The Labute approximate surface area is 168 Å². The molecule has 0 N–H and O–H groups in total. The second kappa shape index (κ2) is 8.14. The van der Waals surface area contributed by atoms with Crippen molar-refractivity contribution in [3.8, 4) is 0 Å². The first-order chi connectivity index (χ1) is 13.6. The summed E-state index contributed by atoms with van der Waals surface area (Å²) in [6.07, 6.45) is 5.42. The highest BCUT2D eigenvalue weighted by Gasteiger charge is 2.51. The van der Waals surface area contributed by atoms with Crippen LogP contribution in [-0.4, -0.2) is 60.9 Å². The molecule has 1 aliphatic carbocycles. The predicted octanol–water partition coefficient (Wildman–Crippen LogP) is 2.99. The Kier molecular flexibility index (Phi) is 5.61. The number of piperazine rings is 1. The summed E-state index contributed by atoms with van der Waals surface area (Å²) in [7, 11) is 0. The topological polar surface area (TPSA) is 43.9 Å². The highest BCUT2D eigenvalue weighted by Crippen LogP contribution is 2.42. The molecule has 2 heterocycles. The van der Waals surface area contributed by atoms with E-state index in [-0.39, 0.29) is 23.7 Å². The maximum atomic E-state index is 12.9. The van der Waals surface area contributed by atoms with Crippen LogP contribution >= 0.6 is 0 Å². The van der Waals surface area contributed by atoms with E-state index in [9.17, 15) is 9.59 Å². The number of benzene rings is 1. The van der Waals surface area contributed by atoms with Crippen LogP contribution in [0, 0.1) is 25.7 Å². The molecule has 5 heteroatoms. The van der Waals surface area contributed by atoms with Gasteiger partial charge in [0.25, 0.3) is 0 Å². The number of hydrogen-bond acceptors (Lipinski definition) is 3. The Hall–Kier alpha value is -2.04. The van der Waals surface area contributed by atoms with Gasteiger partial charge in [-0.25, -0.2) is 0 Å². The summed E-state index contributed by atoms with van der Waals surface area (Å²) in [5.41, 5.74) is 3.92. The second-order valence-electron chi connectivity index (χ2n) is 8.72. The Morgan fingerprint density at radius 1 is 0.786 bits per heavy atom. The molecule has 152 valence electrons. The largest absolute Gasteiger partial charge is 0.368 e. The third-order valence-corrected chi connectivity index (χ3v) is 6.85. The monoisotopic (exact) mass is 383 g/mol. The second-order valence-corrected chi connectivity index (χ2v) is 8.72. The normalized spacial score (nSPS) is 25.4. The average Bonchev–Trinajstić information content (AvgIpc) is 3.53. The first-order valence-corrected chi connectivity index (χ1v) is 10.9. The summed E-state index contributed by atoms with van der Waals surface area (Å²) < 4.78 is 0. The van der Waals surface area contributed by atoms with Gasteiger partial charge in [0.15, 0.2) is 0 Å². The SMILES string of the molecule is Cc1cccc(N2CCN(C(=O)C3CC3C(=O)N3CCCCCC3)CC2)c1C. The smallest absolute Gasteiger partial charge is 0.226 e. The summed E-state index contributed by atoms with van der Waals surface area (Å²) >= 11 is 0. The minimum Gasteiger partial charge on any atom is -0.368 e. The lowest BCUT2D eigenvalue weighted by Gasteiger charge is -2.37. The van der Waals surface area contributed by atoms with E-state index in [0.29, 0.717) is 0 Å². The molecule has 0 aromatic heterocycles. The molecular weight excluding hydrogens is 350 g/mol. The zero-order valence-electron chi connectivity index (χ0n) is 17.3. The minimum atomic E-state index is -0.0667. The van der Waals surface area contributed by atoms with Crippen molar-refractivity contribution in [3.05, 3.63) is 29.3 Å². The fourth-order valence-electron chi connectivity index (χ4n) is 4.75. The molecule has 5 nitrogen and oxygen atoms in total. The quantitative estimate of drug-likeness (QED) is 0.806. The molecule has 0 spiro atoms. The Balaban J connectivity index is 1.30. The molecule has 2 atom stereocenters. The van der Waals surface area contributed by atoms with Gasteiger partial charge in [-0.2, -0.15) is 0 Å². The van der Waals surface area contributed by atoms with Crippen molar-refractivity contribution < 1.29 is 9.59 Å². The molecule has 1 aromatic rings. The first-order valence-electron chi connectivity index (χ1n) is 10.9. The lowest BCUT2D eigenvalue weighted by atomic mass is 10.1. The summed E-state index contributed by atoms with van der Waals surface area (Å²) in [6, 6.07) is 6.43. The number of rotatable bonds is 3. The van der Waals surface area contributed by atoms with Gasteiger partial charge in [0.2, 0.25) is 11.8 Å². The van der Waals surface area contributed by atoms with E-state index in [2.05, 4.69) is 36.9 Å². The highest BCUT2D eigenvalue weighted by molar-refractivity contribution is 5.92. The Morgan fingerprint density at radius 3 is 1.96 bits per heavy atom. The van der Waals surface area contributed by atoms with Crippen molar-refractivity contribution in [2.45, 2.75) is 46.0 Å². The average molecular weight is 384 g/mol. The van der Waals surface area contributed by atoms with Crippen LogP contribution in [0.25, 0.3) is 0 Å². The number of carbonyl (C=O) groups excluding carboxylic acids is 2. The minimum absolute atomic E-state index is 0.0531. The standard InChI is InChI=1S/C23H33N3O2/c1-17-8-7-9-21(18(17)2)24-12-14-26(15-13-24)23(28)20-16-19(20)22(27)25-10-5-3-4-6-11-25/h7-9,19-20H,3-6,10-16H2,1-2H3. The van der Waals surface area contributed by atoms with Crippen LogP contribution in [0.1, 0.15) is 43.2 Å². The first kappa shape index (κ1) is 19.3. The van der Waals surface area contributed by atoms with Crippen molar-refractivity contribution >= 4 is 17.5 Å². The number of carbonyl (C=O) groups is 2. The maximum Gasteiger partial charge on any atom is 0.226 e. The molecule has 2 aliphatic heterocycles. The van der Waals surface area contributed by atoms with Crippen molar-refractivity contribution in [1.82, 2.24) is 9.80 Å². The van der Waals surface area contributed by atoms with E-state index in [0.717, 1.165) is 58.5 Å². The molecule has 28 heavy (non-hydrogen) atoms. The van der Waals surface area contributed by atoms with Crippen LogP contribution in [0.3, 0.4) is 0 Å². The summed E-state index contributed by atoms with van der Waals surface area (Å²) in [5.74, 6) is 0.314. The number of nitrogens with zero attached hydrogens (tertiary/aromatic N) is 3. The number of hydrogen-bond donors (Lipinski definition) is 0. The molecule has 2 amide bonds. The zero-order chi connectivity index (χ0) is 19.7. The summed E-state index contributed by atoms with van der Waals surface area (Å²) in [4.78, 5) is 32.1. The Morgan fingerprint density at radius 2 is 1.36 bits per heavy atom. The maximum absolute atomic E-state index is 12.9. The van der Waals surface area contributed by atoms with Gasteiger partial charge in [0.05, 0.1) is 11.8 Å². The van der Waals surface area contributed by atoms with Crippen molar-refractivity contribution in [2.24, 2.45) is 11.8 Å². The van der Waals surface area contributed by atoms with E-state index in [1.54, 1.807) is 0 Å². The van der Waals surface area contributed by atoms with Crippen molar-refractivity contribution in [2.75, 3.05) is 44.2 Å². The van der Waals surface area contributed by atoms with Crippen LogP contribution in [0.5, 0.6) is 0 Å². The molecule has 1 aromatic carbocycles. The van der Waals surface area contributed by atoms with E-state index in [4.69, 9.17) is 0 Å². The van der Waals surface area contributed by atoms with Crippen LogP contribution in [0.4, 0.5) is 5.69 Å². The van der Waals surface area contributed by atoms with E-state index < -0.39 is 0 Å². The van der Waals surface area contributed by atoms with Crippen molar-refractivity contribution in [1.29, 1.82) is 0 Å².